The van der Waals surface area contributed by atoms with Crippen LogP contribution in [0.2, 0.25) is 0 Å². The monoisotopic (exact) mass is 252 g/mol. The highest BCUT2D eigenvalue weighted by Gasteiger charge is 2.11. The van der Waals surface area contributed by atoms with E-state index in [4.69, 9.17) is 0 Å². The van der Waals surface area contributed by atoms with E-state index in [1.165, 1.54) is 55.8 Å². The summed E-state index contributed by atoms with van der Waals surface area (Å²) in [4.78, 5) is 1.49. The number of hydrogen-bond donors (Lipinski definition) is 2. The van der Waals surface area contributed by atoms with Crippen molar-refractivity contribution in [3.8, 4) is 0 Å². The van der Waals surface area contributed by atoms with Gasteiger partial charge in [0.1, 0.15) is 0 Å². The zero-order valence-electron chi connectivity index (χ0n) is 10.8. The number of nitrogens with one attached hydrogen (secondary N) is 2. The highest BCUT2D eigenvalue weighted by molar-refractivity contribution is 7.10. The largest absolute Gasteiger partial charge is 0.317 e. The second-order valence-electron chi connectivity index (χ2n) is 5.04. The van der Waals surface area contributed by atoms with Crippen LogP contribution in [0.1, 0.15) is 36.1 Å². The summed E-state index contributed by atoms with van der Waals surface area (Å²) in [5, 5.41) is 9.17. The van der Waals surface area contributed by atoms with Crippen LogP contribution in [0.4, 0.5) is 0 Å². The van der Waals surface area contributed by atoms with Crippen molar-refractivity contribution in [3.63, 3.8) is 0 Å². The van der Waals surface area contributed by atoms with Gasteiger partial charge in [0.15, 0.2) is 0 Å². The molecule has 96 valence electrons. The molecule has 0 aromatic carbocycles. The van der Waals surface area contributed by atoms with E-state index >= 15 is 0 Å². The van der Waals surface area contributed by atoms with Crippen molar-refractivity contribution in [2.45, 2.75) is 39.2 Å². The van der Waals surface area contributed by atoms with E-state index in [-0.39, 0.29) is 0 Å². The van der Waals surface area contributed by atoms with E-state index in [2.05, 4.69) is 29.0 Å². The third kappa shape index (κ3) is 4.41. The summed E-state index contributed by atoms with van der Waals surface area (Å²) in [5.41, 5.74) is 1.43. The van der Waals surface area contributed by atoms with Gasteiger partial charge in [-0.2, -0.15) is 0 Å². The van der Waals surface area contributed by atoms with Crippen molar-refractivity contribution >= 4 is 11.3 Å². The Bertz CT molecular complexity index is 316. The van der Waals surface area contributed by atoms with Crippen LogP contribution in [-0.2, 0) is 6.54 Å². The number of hydrogen-bond acceptors (Lipinski definition) is 3. The summed E-state index contributed by atoms with van der Waals surface area (Å²) >= 11 is 1.86. The normalized spacial score (nSPS) is 17.5. The average Bonchev–Trinajstić information content (AvgIpc) is 2.76. The van der Waals surface area contributed by atoms with Crippen LogP contribution in [0.3, 0.4) is 0 Å². The van der Waals surface area contributed by atoms with Gasteiger partial charge in [0.2, 0.25) is 0 Å². The molecule has 1 aliphatic heterocycles. The minimum atomic E-state index is 0.974. The number of thiophene rings is 1. The van der Waals surface area contributed by atoms with Gasteiger partial charge in [-0.05, 0) is 75.2 Å². The molecule has 2 nitrogen and oxygen atoms in total. The van der Waals surface area contributed by atoms with Crippen LogP contribution < -0.4 is 10.6 Å². The summed E-state index contributed by atoms with van der Waals surface area (Å²) in [6.07, 6.45) is 5.49. The molecule has 3 heteroatoms. The Labute approximate surface area is 109 Å². The standard InChI is InChI=1S/C14H24N2S/c1-12-6-10-17-14(12)11-16-7-2-3-13-4-8-15-9-5-13/h6,10,13,15-16H,2-5,7-9,11H2,1H3. The molecule has 1 aliphatic rings. The molecule has 0 spiro atoms. The van der Waals surface area contributed by atoms with Gasteiger partial charge in [0.05, 0.1) is 0 Å². The molecule has 1 saturated heterocycles. The van der Waals surface area contributed by atoms with Crippen molar-refractivity contribution in [1.82, 2.24) is 10.6 Å². The lowest BCUT2D eigenvalue weighted by atomic mass is 9.93. The van der Waals surface area contributed by atoms with E-state index in [1.807, 2.05) is 11.3 Å². The van der Waals surface area contributed by atoms with Gasteiger partial charge >= 0.3 is 0 Å². The summed E-state index contributed by atoms with van der Waals surface area (Å²) < 4.78 is 0. The minimum Gasteiger partial charge on any atom is -0.317 e. The fourth-order valence-electron chi connectivity index (χ4n) is 2.47. The Hall–Kier alpha value is -0.380. The summed E-state index contributed by atoms with van der Waals surface area (Å²) in [6.45, 7) is 6.87. The van der Waals surface area contributed by atoms with Crippen LogP contribution in [0.15, 0.2) is 11.4 Å². The minimum absolute atomic E-state index is 0.974. The molecular weight excluding hydrogens is 228 g/mol. The maximum atomic E-state index is 3.56. The molecule has 17 heavy (non-hydrogen) atoms. The maximum Gasteiger partial charge on any atom is 0.0302 e. The first-order chi connectivity index (χ1) is 8.36. The molecule has 1 aromatic heterocycles. The molecule has 1 fully saturated rings. The highest BCUT2D eigenvalue weighted by atomic mass is 32.1. The van der Waals surface area contributed by atoms with Crippen molar-refractivity contribution < 1.29 is 0 Å². The predicted molar refractivity (Wildman–Crippen MR) is 75.6 cm³/mol. The second-order valence-corrected chi connectivity index (χ2v) is 6.04. The smallest absolute Gasteiger partial charge is 0.0302 e. The van der Waals surface area contributed by atoms with Gasteiger partial charge in [-0.3, -0.25) is 0 Å². The molecule has 0 atom stereocenters. The molecular formula is C14H24N2S. The van der Waals surface area contributed by atoms with Crippen LogP contribution in [0.5, 0.6) is 0 Å². The quantitative estimate of drug-likeness (QED) is 0.761. The zero-order valence-corrected chi connectivity index (χ0v) is 11.6. The molecule has 2 heterocycles. The van der Waals surface area contributed by atoms with Gasteiger partial charge in [0, 0.05) is 11.4 Å². The molecule has 2 N–H and O–H groups in total. The maximum absolute atomic E-state index is 3.56. The van der Waals surface area contributed by atoms with Gasteiger partial charge in [-0.25, -0.2) is 0 Å². The van der Waals surface area contributed by atoms with E-state index in [9.17, 15) is 0 Å². The predicted octanol–water partition coefficient (Wildman–Crippen LogP) is 2.93. The Morgan fingerprint density at radius 3 is 2.94 bits per heavy atom. The second kappa shape index (κ2) is 7.14. The fourth-order valence-corrected chi connectivity index (χ4v) is 3.35. The lowest BCUT2D eigenvalue weighted by Gasteiger charge is -2.22. The summed E-state index contributed by atoms with van der Waals surface area (Å²) in [7, 11) is 0. The number of aryl methyl sites for hydroxylation is 1. The van der Waals surface area contributed by atoms with Crippen LogP contribution >= 0.6 is 11.3 Å². The highest BCUT2D eigenvalue weighted by Crippen LogP contribution is 2.17. The Morgan fingerprint density at radius 1 is 1.41 bits per heavy atom. The SMILES string of the molecule is Cc1ccsc1CNCCCC1CCNCC1. The molecule has 0 unspecified atom stereocenters. The Balaban J connectivity index is 1.53. The zero-order chi connectivity index (χ0) is 11.9. The molecule has 0 amide bonds. The van der Waals surface area contributed by atoms with Gasteiger partial charge < -0.3 is 10.6 Å². The van der Waals surface area contributed by atoms with Crippen molar-refractivity contribution in [1.29, 1.82) is 0 Å². The molecule has 0 aliphatic carbocycles. The van der Waals surface area contributed by atoms with Crippen molar-refractivity contribution in [3.05, 3.63) is 21.9 Å². The molecule has 0 radical (unpaired) electrons. The first-order valence-corrected chi connectivity index (χ1v) is 7.68. The van der Waals surface area contributed by atoms with Gasteiger partial charge in [-0.15, -0.1) is 11.3 Å². The van der Waals surface area contributed by atoms with Crippen LogP contribution in [0.25, 0.3) is 0 Å². The average molecular weight is 252 g/mol. The van der Waals surface area contributed by atoms with E-state index in [0.717, 1.165) is 12.5 Å². The third-order valence-corrected chi connectivity index (χ3v) is 4.70. The Morgan fingerprint density at radius 2 is 2.24 bits per heavy atom. The van der Waals surface area contributed by atoms with E-state index in [0.29, 0.717) is 0 Å². The number of piperidine rings is 1. The first-order valence-electron chi connectivity index (χ1n) is 6.80. The fraction of sp³-hybridized carbons (Fsp3) is 0.714. The molecule has 0 saturated carbocycles. The number of rotatable bonds is 6. The van der Waals surface area contributed by atoms with Crippen molar-refractivity contribution in [2.24, 2.45) is 5.92 Å². The summed E-state index contributed by atoms with van der Waals surface area (Å²) in [5.74, 6) is 0.974. The summed E-state index contributed by atoms with van der Waals surface area (Å²) in [6, 6.07) is 2.21. The van der Waals surface area contributed by atoms with Crippen molar-refractivity contribution in [2.75, 3.05) is 19.6 Å². The van der Waals surface area contributed by atoms with E-state index < -0.39 is 0 Å². The molecule has 0 bridgehead atoms. The van der Waals surface area contributed by atoms with Gasteiger partial charge in [-0.1, -0.05) is 0 Å². The molecule has 1 aromatic rings. The Kier molecular flexibility index (Phi) is 5.49. The van der Waals surface area contributed by atoms with Gasteiger partial charge in [0.25, 0.3) is 0 Å². The molecule has 2 rings (SSSR count). The lowest BCUT2D eigenvalue weighted by Crippen LogP contribution is -2.28. The third-order valence-electron chi connectivity index (χ3n) is 3.68. The van der Waals surface area contributed by atoms with Crippen LogP contribution in [0, 0.1) is 12.8 Å². The topological polar surface area (TPSA) is 24.1 Å². The lowest BCUT2D eigenvalue weighted by molar-refractivity contribution is 0.344. The van der Waals surface area contributed by atoms with E-state index in [1.54, 1.807) is 0 Å². The van der Waals surface area contributed by atoms with Crippen LogP contribution in [-0.4, -0.2) is 19.6 Å². The first kappa shape index (κ1) is 13.1.